The van der Waals surface area contributed by atoms with Crippen LogP contribution in [0.3, 0.4) is 0 Å². The third-order valence-electron chi connectivity index (χ3n) is 6.03. The summed E-state index contributed by atoms with van der Waals surface area (Å²) in [6, 6.07) is 3.27. The number of amides is 1. The van der Waals surface area contributed by atoms with Crippen molar-refractivity contribution in [1.82, 2.24) is 39.4 Å². The maximum absolute atomic E-state index is 13.2. The van der Waals surface area contributed by atoms with Crippen LogP contribution in [-0.2, 0) is 17.5 Å². The van der Waals surface area contributed by atoms with Crippen molar-refractivity contribution in [3.05, 3.63) is 54.5 Å². The Morgan fingerprint density at radius 2 is 2.08 bits per heavy atom. The minimum Gasteiger partial charge on any atom is -0.383 e. The predicted molar refractivity (Wildman–Crippen MR) is 126 cm³/mol. The van der Waals surface area contributed by atoms with E-state index < -0.39 is 11.9 Å². The Balaban J connectivity index is 1.31. The quantitative estimate of drug-likeness (QED) is 0.399. The standard InChI is InChI=1S/C23H24F3N9O2/c1-37-10-9-34-8-5-16(32-34)22(36)30-15-3-2-7-33(13-15)19-4-6-27-21(31-19)17-11-29-20-12-28-18(14-35(17)20)23(24,25)26/h4-6,8,11-12,14-15H,2-3,7,9-10,13H2,1H3,(H,30,36)/t15-/m0/s1. The highest BCUT2D eigenvalue weighted by Gasteiger charge is 2.33. The molecule has 11 nitrogen and oxygen atoms in total. The van der Waals surface area contributed by atoms with Crippen LogP contribution in [0, 0.1) is 0 Å². The van der Waals surface area contributed by atoms with Gasteiger partial charge in [0.05, 0.1) is 25.5 Å². The molecule has 14 heteroatoms. The predicted octanol–water partition coefficient (Wildman–Crippen LogP) is 2.45. The highest BCUT2D eigenvalue weighted by molar-refractivity contribution is 5.92. The molecule has 1 saturated heterocycles. The molecular weight excluding hydrogens is 491 g/mol. The van der Waals surface area contributed by atoms with E-state index in [4.69, 9.17) is 4.74 Å². The number of carbonyl (C=O) groups is 1. The first kappa shape index (κ1) is 24.6. The van der Waals surface area contributed by atoms with Crippen molar-refractivity contribution >= 4 is 17.4 Å². The number of ether oxygens (including phenoxy) is 1. The summed E-state index contributed by atoms with van der Waals surface area (Å²) in [5, 5.41) is 7.32. The van der Waals surface area contributed by atoms with Crippen LogP contribution in [0.4, 0.5) is 19.0 Å². The second kappa shape index (κ2) is 10.1. The number of halogens is 3. The lowest BCUT2D eigenvalue weighted by Crippen LogP contribution is -2.48. The molecular formula is C23H24F3N9O2. The van der Waals surface area contributed by atoms with Crippen molar-refractivity contribution in [2.24, 2.45) is 0 Å². The summed E-state index contributed by atoms with van der Waals surface area (Å²) in [5.41, 5.74) is -0.135. The maximum atomic E-state index is 13.2. The highest BCUT2D eigenvalue weighted by Crippen LogP contribution is 2.29. The van der Waals surface area contributed by atoms with Crippen LogP contribution in [0.1, 0.15) is 29.0 Å². The molecule has 194 valence electrons. The number of fused-ring (bicyclic) bond motifs is 1. The number of hydrogen-bond acceptors (Lipinski definition) is 8. The van der Waals surface area contributed by atoms with Crippen LogP contribution in [0.15, 0.2) is 43.1 Å². The molecule has 0 unspecified atom stereocenters. The van der Waals surface area contributed by atoms with Crippen molar-refractivity contribution in [3.8, 4) is 11.5 Å². The van der Waals surface area contributed by atoms with Gasteiger partial charge in [-0.25, -0.2) is 19.9 Å². The zero-order chi connectivity index (χ0) is 26.0. The number of methoxy groups -OCH3 is 1. The topological polar surface area (TPSA) is 115 Å². The average Bonchev–Trinajstić information content (AvgIpc) is 3.54. The second-order valence-electron chi connectivity index (χ2n) is 8.60. The zero-order valence-corrected chi connectivity index (χ0v) is 19.9. The van der Waals surface area contributed by atoms with E-state index in [0.717, 1.165) is 25.2 Å². The molecule has 1 aliphatic rings. The largest absolute Gasteiger partial charge is 0.434 e. The summed E-state index contributed by atoms with van der Waals surface area (Å²) in [6.45, 7) is 2.28. The van der Waals surface area contributed by atoms with Gasteiger partial charge in [0, 0.05) is 44.8 Å². The van der Waals surface area contributed by atoms with Gasteiger partial charge >= 0.3 is 6.18 Å². The molecule has 1 fully saturated rings. The van der Waals surface area contributed by atoms with Crippen LogP contribution in [0.5, 0.6) is 0 Å². The van der Waals surface area contributed by atoms with Gasteiger partial charge in [0.25, 0.3) is 5.91 Å². The van der Waals surface area contributed by atoms with Crippen LogP contribution in [-0.4, -0.2) is 72.9 Å². The number of nitrogens with one attached hydrogen (secondary N) is 1. The molecule has 4 aromatic heterocycles. The summed E-state index contributed by atoms with van der Waals surface area (Å²) < 4.78 is 47.5. The molecule has 0 spiro atoms. The van der Waals surface area contributed by atoms with Crippen molar-refractivity contribution in [2.75, 3.05) is 31.7 Å². The van der Waals surface area contributed by atoms with Gasteiger partial charge in [-0.2, -0.15) is 18.3 Å². The molecule has 1 aliphatic heterocycles. The fourth-order valence-corrected chi connectivity index (χ4v) is 4.20. The number of aromatic nitrogens is 7. The lowest BCUT2D eigenvalue weighted by Gasteiger charge is -2.33. The van der Waals surface area contributed by atoms with Crippen molar-refractivity contribution in [2.45, 2.75) is 31.6 Å². The molecule has 0 bridgehead atoms. The highest BCUT2D eigenvalue weighted by atomic mass is 19.4. The van der Waals surface area contributed by atoms with E-state index >= 15 is 0 Å². The first-order valence-electron chi connectivity index (χ1n) is 11.6. The van der Waals surface area contributed by atoms with Gasteiger partial charge in [-0.1, -0.05) is 0 Å². The Morgan fingerprint density at radius 3 is 2.89 bits per heavy atom. The summed E-state index contributed by atoms with van der Waals surface area (Å²) >= 11 is 0. The molecule has 1 N–H and O–H groups in total. The molecule has 1 amide bonds. The minimum absolute atomic E-state index is 0.125. The van der Waals surface area contributed by atoms with Crippen molar-refractivity contribution < 1.29 is 22.7 Å². The number of imidazole rings is 1. The molecule has 0 radical (unpaired) electrons. The zero-order valence-electron chi connectivity index (χ0n) is 19.9. The van der Waals surface area contributed by atoms with Gasteiger partial charge < -0.3 is 15.0 Å². The molecule has 0 aliphatic carbocycles. The number of anilines is 1. The maximum Gasteiger partial charge on any atom is 0.434 e. The van der Waals surface area contributed by atoms with Gasteiger partial charge in [0.2, 0.25) is 0 Å². The summed E-state index contributed by atoms with van der Waals surface area (Å²) in [7, 11) is 1.60. The summed E-state index contributed by atoms with van der Waals surface area (Å²) in [4.78, 5) is 31.2. The Labute approximate surface area is 209 Å². The molecule has 1 atom stereocenters. The Hall–Kier alpha value is -4.07. The summed E-state index contributed by atoms with van der Waals surface area (Å²) in [6.07, 6.45) is 3.68. The summed E-state index contributed by atoms with van der Waals surface area (Å²) in [5.74, 6) is 0.580. The average molecular weight is 516 g/mol. The third kappa shape index (κ3) is 5.38. The van der Waals surface area contributed by atoms with Crippen LogP contribution < -0.4 is 10.2 Å². The number of nitrogens with zero attached hydrogens (tertiary/aromatic N) is 8. The van der Waals surface area contributed by atoms with Gasteiger partial charge in [-0.15, -0.1) is 0 Å². The smallest absolute Gasteiger partial charge is 0.383 e. The van der Waals surface area contributed by atoms with Gasteiger partial charge in [-0.05, 0) is 25.0 Å². The lowest BCUT2D eigenvalue weighted by molar-refractivity contribution is -0.141. The number of alkyl halides is 3. The minimum atomic E-state index is -4.59. The number of hydrogen-bond donors (Lipinski definition) is 1. The van der Waals surface area contributed by atoms with Gasteiger partial charge in [0.1, 0.15) is 17.2 Å². The SMILES string of the molecule is COCCn1ccc(C(=O)N[C@H]2CCCN(c3ccnc(-c4cnc5cnc(C(F)(F)F)cn45)n3)C2)n1. The van der Waals surface area contributed by atoms with Gasteiger partial charge in [-0.3, -0.25) is 13.9 Å². The second-order valence-corrected chi connectivity index (χ2v) is 8.60. The molecule has 5 rings (SSSR count). The molecule has 0 saturated carbocycles. The first-order valence-corrected chi connectivity index (χ1v) is 11.6. The van der Waals surface area contributed by atoms with Crippen molar-refractivity contribution in [1.29, 1.82) is 0 Å². The molecule has 37 heavy (non-hydrogen) atoms. The molecule has 5 heterocycles. The van der Waals surface area contributed by atoms with E-state index in [2.05, 4.69) is 30.4 Å². The first-order chi connectivity index (χ1) is 17.8. The Bertz CT molecular complexity index is 1400. The number of carbonyl (C=O) groups excluding carboxylic acids is 1. The molecule has 0 aromatic carbocycles. The Kier molecular flexibility index (Phi) is 6.74. The van der Waals surface area contributed by atoms with Crippen LogP contribution in [0.25, 0.3) is 17.2 Å². The van der Waals surface area contributed by atoms with Gasteiger partial charge in [0.15, 0.2) is 17.2 Å². The number of rotatable bonds is 7. The van der Waals surface area contributed by atoms with E-state index in [1.54, 1.807) is 36.3 Å². The van der Waals surface area contributed by atoms with E-state index in [1.807, 2.05) is 4.90 Å². The fourth-order valence-electron chi connectivity index (χ4n) is 4.20. The third-order valence-corrected chi connectivity index (χ3v) is 6.03. The van der Waals surface area contributed by atoms with Crippen LogP contribution >= 0.6 is 0 Å². The van der Waals surface area contributed by atoms with Crippen LogP contribution in [0.2, 0.25) is 0 Å². The van der Waals surface area contributed by atoms with E-state index in [-0.39, 0.29) is 23.4 Å². The van der Waals surface area contributed by atoms with E-state index in [1.165, 1.54) is 10.6 Å². The normalized spacial score (nSPS) is 16.3. The van der Waals surface area contributed by atoms with E-state index in [0.29, 0.717) is 43.4 Å². The fraction of sp³-hybridized carbons (Fsp3) is 0.391. The Morgan fingerprint density at radius 1 is 1.22 bits per heavy atom. The van der Waals surface area contributed by atoms with E-state index in [9.17, 15) is 18.0 Å². The molecule has 4 aromatic rings. The number of piperidine rings is 1. The lowest BCUT2D eigenvalue weighted by atomic mass is 10.1. The van der Waals surface area contributed by atoms with Crippen molar-refractivity contribution in [3.63, 3.8) is 0 Å². The monoisotopic (exact) mass is 515 g/mol.